The molecule has 0 aliphatic heterocycles. The Bertz CT molecular complexity index is 259. The van der Waals surface area contributed by atoms with Crippen molar-refractivity contribution in [3.8, 4) is 0 Å². The maximum Gasteiger partial charge on any atom is 0.267 e. The van der Waals surface area contributed by atoms with Crippen LogP contribution in [0.5, 0.6) is 0 Å². The van der Waals surface area contributed by atoms with Crippen molar-refractivity contribution in [1.82, 2.24) is 16.1 Å². The van der Waals surface area contributed by atoms with Crippen LogP contribution in [0.25, 0.3) is 0 Å². The molecule has 0 aromatic carbocycles. The molecule has 0 bridgehead atoms. The largest absolute Gasteiger partial charge is 0.345 e. The van der Waals surface area contributed by atoms with E-state index in [1.807, 2.05) is 20.8 Å². The monoisotopic (exact) mass is 231 g/mol. The summed E-state index contributed by atoms with van der Waals surface area (Å²) in [6, 6.07) is -0.853. The van der Waals surface area contributed by atoms with E-state index in [4.69, 9.17) is 5.21 Å². The van der Waals surface area contributed by atoms with Gasteiger partial charge in [-0.25, -0.2) is 5.48 Å². The summed E-state index contributed by atoms with van der Waals surface area (Å²) in [4.78, 5) is 21.9. The molecule has 4 N–H and O–H groups in total. The second-order valence-electron chi connectivity index (χ2n) is 5.29. The Balaban J connectivity index is 4.88. The quantitative estimate of drug-likeness (QED) is 0.299. The molecule has 0 saturated heterocycles. The van der Waals surface area contributed by atoms with Crippen LogP contribution in [0, 0.1) is 0 Å². The van der Waals surface area contributed by atoms with Gasteiger partial charge in [0.1, 0.15) is 6.04 Å². The molecule has 1 unspecified atom stereocenters. The fourth-order valence-electron chi connectivity index (χ4n) is 1.78. The van der Waals surface area contributed by atoms with E-state index in [0.29, 0.717) is 6.41 Å². The lowest BCUT2D eigenvalue weighted by Crippen LogP contribution is -2.65. The number of hydroxylamine groups is 1. The van der Waals surface area contributed by atoms with Crippen LogP contribution in [0.2, 0.25) is 0 Å². The van der Waals surface area contributed by atoms with Gasteiger partial charge in [0.15, 0.2) is 0 Å². The number of carbonyl (C=O) groups is 2. The Morgan fingerprint density at radius 3 is 2.06 bits per heavy atom. The molecule has 16 heavy (non-hydrogen) atoms. The molecule has 0 spiro atoms. The second-order valence-corrected chi connectivity index (χ2v) is 5.29. The normalized spacial score (nSPS) is 14.1. The van der Waals surface area contributed by atoms with Gasteiger partial charge in [-0.05, 0) is 34.6 Å². The molecule has 0 aromatic rings. The lowest BCUT2D eigenvalue weighted by atomic mass is 9.90. The van der Waals surface area contributed by atoms with Crippen LogP contribution in [0.3, 0.4) is 0 Å². The minimum Gasteiger partial charge on any atom is -0.345 e. The number of amides is 2. The minimum atomic E-state index is -0.853. The van der Waals surface area contributed by atoms with Gasteiger partial charge in [0, 0.05) is 11.1 Å². The van der Waals surface area contributed by atoms with Gasteiger partial charge in [0.05, 0.1) is 0 Å². The predicted molar refractivity (Wildman–Crippen MR) is 59.9 cm³/mol. The molecule has 6 nitrogen and oxygen atoms in total. The van der Waals surface area contributed by atoms with Gasteiger partial charge in [-0.1, -0.05) is 0 Å². The van der Waals surface area contributed by atoms with Crippen LogP contribution in [0.15, 0.2) is 0 Å². The third kappa shape index (κ3) is 4.59. The van der Waals surface area contributed by atoms with E-state index < -0.39 is 17.5 Å². The van der Waals surface area contributed by atoms with Gasteiger partial charge in [0.2, 0.25) is 6.41 Å². The van der Waals surface area contributed by atoms with Crippen molar-refractivity contribution in [3.63, 3.8) is 0 Å². The standard InChI is InChI=1S/C10H21N3O3/c1-9(2,3)13-10(4,5)7(11-6-14)8(15)12-16/h6-7,13,16H,1-5H3,(H,11,14)(H,12,15). The van der Waals surface area contributed by atoms with Crippen molar-refractivity contribution in [2.24, 2.45) is 0 Å². The number of rotatable bonds is 5. The Morgan fingerprint density at radius 2 is 1.75 bits per heavy atom. The van der Waals surface area contributed by atoms with E-state index in [2.05, 4.69) is 10.6 Å². The molecular formula is C10H21N3O3. The molecule has 1 atom stereocenters. The van der Waals surface area contributed by atoms with Crippen molar-refractivity contribution < 1.29 is 14.8 Å². The van der Waals surface area contributed by atoms with Gasteiger partial charge < -0.3 is 10.6 Å². The van der Waals surface area contributed by atoms with E-state index in [0.717, 1.165) is 0 Å². The Morgan fingerprint density at radius 1 is 1.25 bits per heavy atom. The average Bonchev–Trinajstić information content (AvgIpc) is 2.08. The summed E-state index contributed by atoms with van der Waals surface area (Å²) >= 11 is 0. The molecule has 0 aliphatic carbocycles. The lowest BCUT2D eigenvalue weighted by molar-refractivity contribution is -0.135. The molecule has 0 aromatic heterocycles. The summed E-state index contributed by atoms with van der Waals surface area (Å²) in [5, 5.41) is 14.2. The van der Waals surface area contributed by atoms with Gasteiger partial charge in [0.25, 0.3) is 5.91 Å². The van der Waals surface area contributed by atoms with Gasteiger partial charge in [-0.2, -0.15) is 0 Å². The van der Waals surface area contributed by atoms with Crippen LogP contribution in [0.4, 0.5) is 0 Å². The first-order valence-corrected chi connectivity index (χ1v) is 5.07. The zero-order chi connectivity index (χ0) is 13.0. The molecule has 0 fully saturated rings. The fraction of sp³-hybridized carbons (Fsp3) is 0.800. The number of nitrogens with one attached hydrogen (secondary N) is 3. The maximum atomic E-state index is 11.4. The molecule has 0 aliphatic rings. The van der Waals surface area contributed by atoms with Crippen molar-refractivity contribution in [3.05, 3.63) is 0 Å². The summed E-state index contributed by atoms with van der Waals surface area (Å²) in [5.74, 6) is -0.658. The highest BCUT2D eigenvalue weighted by atomic mass is 16.5. The fourth-order valence-corrected chi connectivity index (χ4v) is 1.78. The predicted octanol–water partition coefficient (Wildman–Crippen LogP) is -0.227. The summed E-state index contributed by atoms with van der Waals surface area (Å²) in [5.41, 5.74) is 0.633. The molecule has 94 valence electrons. The van der Waals surface area contributed by atoms with Crippen LogP contribution < -0.4 is 16.1 Å². The summed E-state index contributed by atoms with van der Waals surface area (Å²) in [6.07, 6.45) is 0.437. The first kappa shape index (κ1) is 14.9. The zero-order valence-corrected chi connectivity index (χ0v) is 10.4. The number of hydrogen-bond donors (Lipinski definition) is 4. The Kier molecular flexibility index (Phi) is 4.89. The van der Waals surface area contributed by atoms with E-state index >= 15 is 0 Å². The van der Waals surface area contributed by atoms with Gasteiger partial charge in [-0.15, -0.1) is 0 Å². The van der Waals surface area contributed by atoms with Gasteiger partial charge in [-0.3, -0.25) is 14.8 Å². The van der Waals surface area contributed by atoms with E-state index in [-0.39, 0.29) is 5.54 Å². The van der Waals surface area contributed by atoms with Crippen molar-refractivity contribution in [1.29, 1.82) is 0 Å². The van der Waals surface area contributed by atoms with Crippen molar-refractivity contribution in [2.45, 2.75) is 51.7 Å². The van der Waals surface area contributed by atoms with Crippen molar-refractivity contribution in [2.75, 3.05) is 0 Å². The third-order valence-corrected chi connectivity index (χ3v) is 2.03. The van der Waals surface area contributed by atoms with E-state index in [1.54, 1.807) is 19.3 Å². The minimum absolute atomic E-state index is 0.220. The second kappa shape index (κ2) is 5.27. The van der Waals surface area contributed by atoms with Crippen LogP contribution >= 0.6 is 0 Å². The number of hydrogen-bond acceptors (Lipinski definition) is 4. The molecule has 0 radical (unpaired) electrons. The van der Waals surface area contributed by atoms with E-state index in [1.165, 1.54) is 0 Å². The molecule has 6 heteroatoms. The highest BCUT2D eigenvalue weighted by Gasteiger charge is 2.37. The van der Waals surface area contributed by atoms with Crippen LogP contribution in [-0.4, -0.2) is 34.6 Å². The lowest BCUT2D eigenvalue weighted by Gasteiger charge is -2.39. The first-order chi connectivity index (χ1) is 7.14. The molecule has 2 amide bonds. The highest BCUT2D eigenvalue weighted by Crippen LogP contribution is 2.14. The molecule has 0 rings (SSSR count). The smallest absolute Gasteiger partial charge is 0.267 e. The zero-order valence-electron chi connectivity index (χ0n) is 10.4. The van der Waals surface area contributed by atoms with Gasteiger partial charge >= 0.3 is 0 Å². The average molecular weight is 231 g/mol. The highest BCUT2D eigenvalue weighted by molar-refractivity contribution is 5.84. The van der Waals surface area contributed by atoms with Crippen LogP contribution in [-0.2, 0) is 9.59 Å². The third-order valence-electron chi connectivity index (χ3n) is 2.03. The van der Waals surface area contributed by atoms with Crippen LogP contribution in [0.1, 0.15) is 34.6 Å². The SMILES string of the molecule is CC(C)(C)NC(C)(C)C(NC=O)C(=O)NO. The van der Waals surface area contributed by atoms with Crippen molar-refractivity contribution >= 4 is 12.3 Å². The van der Waals surface area contributed by atoms with E-state index in [9.17, 15) is 9.59 Å². The summed E-state index contributed by atoms with van der Waals surface area (Å²) in [7, 11) is 0. The topological polar surface area (TPSA) is 90.5 Å². The Labute approximate surface area is 95.7 Å². The maximum absolute atomic E-state index is 11.4. The molecular weight excluding hydrogens is 210 g/mol. The Hall–Kier alpha value is -1.14. The molecule has 0 heterocycles. The summed E-state index contributed by atoms with van der Waals surface area (Å²) in [6.45, 7) is 9.39. The number of carbonyl (C=O) groups excluding carboxylic acids is 2. The summed E-state index contributed by atoms with van der Waals surface area (Å²) < 4.78 is 0. The molecule has 0 saturated carbocycles. The first-order valence-electron chi connectivity index (χ1n) is 5.07.